The number of nitrogens with one attached hydrogen (secondary N) is 1. The first-order chi connectivity index (χ1) is 15.4. The number of rotatable bonds is 7. The Labute approximate surface area is 190 Å². The van der Waals surface area contributed by atoms with Crippen molar-refractivity contribution >= 4 is 5.91 Å². The molecule has 6 rings (SSSR count). The molecule has 0 unspecified atom stereocenters. The zero-order valence-electron chi connectivity index (χ0n) is 19.6. The molecule has 6 nitrogen and oxygen atoms in total. The van der Waals surface area contributed by atoms with Gasteiger partial charge in [0.15, 0.2) is 11.5 Å². The maximum Gasteiger partial charge on any atom is 0.251 e. The molecular weight excluding hydrogens is 404 g/mol. The van der Waals surface area contributed by atoms with Gasteiger partial charge in [-0.25, -0.2) is 0 Å². The standard InChI is InChI=1S/C26H34N2O4/c1-15-22(16(2)32-28-15)14-31-23-6-5-21(10-24(23)30-4)25(29)27-17(3)26-11-18-7-19(12-26)9-20(8-18)13-26/h5-6,10,17-20H,7-9,11-14H2,1-4H3,(H,27,29)/t17-,18?,19?,20?,26?/m1/s1. The highest BCUT2D eigenvalue weighted by Gasteiger charge is 2.53. The molecule has 4 saturated carbocycles. The number of aromatic nitrogens is 1. The molecule has 172 valence electrons. The van der Waals surface area contributed by atoms with Crippen molar-refractivity contribution in [2.24, 2.45) is 23.2 Å². The van der Waals surface area contributed by atoms with E-state index < -0.39 is 0 Å². The number of hydrogen-bond acceptors (Lipinski definition) is 5. The SMILES string of the molecule is COc1cc(C(=O)N[C@H](C)C23CC4CC(CC(C4)C2)C3)ccc1OCc1c(C)noc1C. The van der Waals surface area contributed by atoms with Crippen LogP contribution in [0.5, 0.6) is 11.5 Å². The van der Waals surface area contributed by atoms with Gasteiger partial charge in [-0.1, -0.05) is 5.16 Å². The highest BCUT2D eigenvalue weighted by molar-refractivity contribution is 5.95. The zero-order chi connectivity index (χ0) is 22.5. The second kappa shape index (κ2) is 8.13. The lowest BCUT2D eigenvalue weighted by atomic mass is 9.48. The summed E-state index contributed by atoms with van der Waals surface area (Å²) in [5.74, 6) is 4.46. The van der Waals surface area contributed by atoms with Crippen molar-refractivity contribution in [3.63, 3.8) is 0 Å². The van der Waals surface area contributed by atoms with E-state index in [1.54, 1.807) is 19.2 Å². The Kier molecular flexibility index (Phi) is 5.42. The number of carbonyl (C=O) groups excluding carboxylic acids is 1. The van der Waals surface area contributed by atoms with Gasteiger partial charge >= 0.3 is 0 Å². The normalized spacial score (nSPS) is 29.1. The van der Waals surface area contributed by atoms with Crippen LogP contribution in [0.3, 0.4) is 0 Å². The molecular formula is C26H34N2O4. The third kappa shape index (κ3) is 3.78. The number of hydrogen-bond donors (Lipinski definition) is 1. The van der Waals surface area contributed by atoms with Crippen LogP contribution in [-0.4, -0.2) is 24.2 Å². The Morgan fingerprint density at radius 2 is 1.81 bits per heavy atom. The van der Waals surface area contributed by atoms with E-state index in [4.69, 9.17) is 14.0 Å². The van der Waals surface area contributed by atoms with Gasteiger partial charge in [-0.3, -0.25) is 4.79 Å². The molecule has 0 saturated heterocycles. The lowest BCUT2D eigenvalue weighted by molar-refractivity contribution is -0.0688. The summed E-state index contributed by atoms with van der Waals surface area (Å²) in [4.78, 5) is 13.1. The molecule has 6 heteroatoms. The van der Waals surface area contributed by atoms with Gasteiger partial charge in [0.05, 0.1) is 18.4 Å². The number of carbonyl (C=O) groups is 1. The molecule has 1 aromatic heterocycles. The molecule has 1 N–H and O–H groups in total. The average molecular weight is 439 g/mol. The fourth-order valence-corrected chi connectivity index (χ4v) is 6.93. The summed E-state index contributed by atoms with van der Waals surface area (Å²) in [5, 5.41) is 7.30. The third-order valence-corrected chi connectivity index (χ3v) is 8.33. The first-order valence-corrected chi connectivity index (χ1v) is 11.9. The average Bonchev–Trinajstić information content (AvgIpc) is 3.08. The van der Waals surface area contributed by atoms with E-state index in [2.05, 4.69) is 17.4 Å². The fraction of sp³-hybridized carbons (Fsp3) is 0.615. The Morgan fingerprint density at radius 3 is 2.38 bits per heavy atom. The summed E-state index contributed by atoms with van der Waals surface area (Å²) in [6, 6.07) is 5.57. The van der Waals surface area contributed by atoms with E-state index in [9.17, 15) is 4.79 Å². The summed E-state index contributed by atoms with van der Waals surface area (Å²) in [6.07, 6.45) is 8.06. The maximum atomic E-state index is 13.1. The highest BCUT2D eigenvalue weighted by Crippen LogP contribution is 2.61. The Hall–Kier alpha value is -2.50. The van der Waals surface area contributed by atoms with Crippen molar-refractivity contribution in [2.45, 2.75) is 71.9 Å². The largest absolute Gasteiger partial charge is 0.493 e. The summed E-state index contributed by atoms with van der Waals surface area (Å²) in [5.41, 5.74) is 2.63. The third-order valence-electron chi connectivity index (χ3n) is 8.33. The molecule has 4 aliphatic carbocycles. The van der Waals surface area contributed by atoms with Crippen LogP contribution >= 0.6 is 0 Å². The van der Waals surface area contributed by atoms with Crippen molar-refractivity contribution in [3.05, 3.63) is 40.8 Å². The van der Waals surface area contributed by atoms with E-state index >= 15 is 0 Å². The lowest BCUT2D eigenvalue weighted by Crippen LogP contribution is -2.55. The smallest absolute Gasteiger partial charge is 0.251 e. The van der Waals surface area contributed by atoms with Gasteiger partial charge in [0.25, 0.3) is 5.91 Å². The van der Waals surface area contributed by atoms with Crippen molar-refractivity contribution in [1.82, 2.24) is 10.5 Å². The molecule has 1 aromatic carbocycles. The first-order valence-electron chi connectivity index (χ1n) is 11.9. The Bertz CT molecular complexity index is 956. The summed E-state index contributed by atoms with van der Waals surface area (Å²) < 4.78 is 16.7. The predicted octanol–water partition coefficient (Wildman–Crippen LogP) is 5.21. The van der Waals surface area contributed by atoms with Crippen LogP contribution in [0.4, 0.5) is 0 Å². The van der Waals surface area contributed by atoms with E-state index in [1.807, 2.05) is 19.9 Å². The van der Waals surface area contributed by atoms with Crippen LogP contribution in [0.2, 0.25) is 0 Å². The van der Waals surface area contributed by atoms with Crippen LogP contribution < -0.4 is 14.8 Å². The topological polar surface area (TPSA) is 73.6 Å². The molecule has 4 fully saturated rings. The molecule has 4 bridgehead atoms. The summed E-state index contributed by atoms with van der Waals surface area (Å²) >= 11 is 0. The van der Waals surface area contributed by atoms with E-state index in [1.165, 1.54) is 38.5 Å². The van der Waals surface area contributed by atoms with E-state index in [0.29, 0.717) is 23.7 Å². The number of aryl methyl sites for hydroxylation is 2. The molecule has 2 aromatic rings. The van der Waals surface area contributed by atoms with Gasteiger partial charge in [0, 0.05) is 11.6 Å². The highest BCUT2D eigenvalue weighted by atomic mass is 16.5. The van der Waals surface area contributed by atoms with Gasteiger partial charge in [0.1, 0.15) is 12.4 Å². The van der Waals surface area contributed by atoms with Crippen molar-refractivity contribution in [1.29, 1.82) is 0 Å². The van der Waals surface area contributed by atoms with Crippen LogP contribution in [0.1, 0.15) is 72.8 Å². The van der Waals surface area contributed by atoms with Gasteiger partial charge in [-0.15, -0.1) is 0 Å². The summed E-state index contributed by atoms with van der Waals surface area (Å²) in [7, 11) is 1.60. The molecule has 1 atom stereocenters. The number of nitrogens with zero attached hydrogens (tertiary/aromatic N) is 1. The van der Waals surface area contributed by atoms with E-state index in [0.717, 1.165) is 34.8 Å². The van der Waals surface area contributed by atoms with Crippen LogP contribution in [0.25, 0.3) is 0 Å². The molecule has 32 heavy (non-hydrogen) atoms. The number of ether oxygens (including phenoxy) is 2. The quantitative estimate of drug-likeness (QED) is 0.642. The minimum absolute atomic E-state index is 0.0381. The first kappa shape index (κ1) is 21.4. The molecule has 0 radical (unpaired) electrons. The Balaban J connectivity index is 1.27. The maximum absolute atomic E-state index is 13.1. The van der Waals surface area contributed by atoms with Gasteiger partial charge in [-0.05, 0) is 101 Å². The van der Waals surface area contributed by atoms with E-state index in [-0.39, 0.29) is 17.4 Å². The van der Waals surface area contributed by atoms with Crippen molar-refractivity contribution in [3.8, 4) is 11.5 Å². The molecule has 4 aliphatic rings. The summed E-state index contributed by atoms with van der Waals surface area (Å²) in [6.45, 7) is 6.31. The molecule has 1 heterocycles. The van der Waals surface area contributed by atoms with Gasteiger partial charge < -0.3 is 19.3 Å². The number of benzene rings is 1. The minimum Gasteiger partial charge on any atom is -0.493 e. The van der Waals surface area contributed by atoms with Gasteiger partial charge in [0.2, 0.25) is 0 Å². The van der Waals surface area contributed by atoms with Crippen LogP contribution in [-0.2, 0) is 6.61 Å². The predicted molar refractivity (Wildman–Crippen MR) is 121 cm³/mol. The van der Waals surface area contributed by atoms with Crippen LogP contribution in [0, 0.1) is 37.0 Å². The van der Waals surface area contributed by atoms with Crippen LogP contribution in [0.15, 0.2) is 22.7 Å². The second-order valence-electron chi connectivity index (χ2n) is 10.4. The number of amides is 1. The molecule has 0 spiro atoms. The zero-order valence-corrected chi connectivity index (χ0v) is 19.6. The minimum atomic E-state index is -0.0381. The molecule has 0 aliphatic heterocycles. The lowest BCUT2D eigenvalue weighted by Gasteiger charge is -2.59. The fourth-order valence-electron chi connectivity index (χ4n) is 6.93. The van der Waals surface area contributed by atoms with Crippen molar-refractivity contribution < 1.29 is 18.8 Å². The second-order valence-corrected chi connectivity index (χ2v) is 10.4. The van der Waals surface area contributed by atoms with Crippen molar-refractivity contribution in [2.75, 3.05) is 7.11 Å². The number of methoxy groups -OCH3 is 1. The monoisotopic (exact) mass is 438 g/mol. The van der Waals surface area contributed by atoms with Gasteiger partial charge in [-0.2, -0.15) is 0 Å². The Morgan fingerprint density at radius 1 is 1.16 bits per heavy atom. The molecule has 1 amide bonds.